The zero-order chi connectivity index (χ0) is 66.6. The Labute approximate surface area is 548 Å². The molecule has 0 aromatic carbocycles. The summed E-state index contributed by atoms with van der Waals surface area (Å²) < 4.78 is 68.3. The number of aliphatic hydroxyl groups excluding tert-OH is 1. The molecule has 0 spiro atoms. The SMILES string of the molecule is CCCCCC/C=C\C=C/CCCCCCCC(=O)OC[C@H](COP(=O)(O)OC[C@@H](O)COP(=O)(O)OC[C@@H](COC(=O)CCCCCCCCC(C)CC)OC(=O)CCCCCCCCCCCCC(C)CC)OC(=O)CCCCCCCCCCC(C)C. The van der Waals surface area contributed by atoms with E-state index < -0.39 is 97.5 Å². The molecule has 0 heterocycles. The lowest BCUT2D eigenvalue weighted by molar-refractivity contribution is -0.161. The Morgan fingerprint density at radius 3 is 0.989 bits per heavy atom. The van der Waals surface area contributed by atoms with E-state index in [2.05, 4.69) is 72.8 Å². The van der Waals surface area contributed by atoms with Crippen molar-refractivity contribution >= 4 is 39.5 Å². The first-order chi connectivity index (χ1) is 43.3. The third-order valence-electron chi connectivity index (χ3n) is 16.5. The van der Waals surface area contributed by atoms with Crippen LogP contribution in [0.15, 0.2) is 24.3 Å². The van der Waals surface area contributed by atoms with E-state index in [0.29, 0.717) is 31.6 Å². The summed E-state index contributed by atoms with van der Waals surface area (Å²) in [6, 6.07) is 0. The van der Waals surface area contributed by atoms with Gasteiger partial charge >= 0.3 is 39.5 Å². The number of esters is 4. The molecule has 530 valence electrons. The second-order valence-electron chi connectivity index (χ2n) is 25.9. The van der Waals surface area contributed by atoms with Crippen molar-refractivity contribution in [2.75, 3.05) is 39.6 Å². The minimum Gasteiger partial charge on any atom is -0.462 e. The topological polar surface area (TPSA) is 237 Å². The molecule has 0 aliphatic heterocycles. The lowest BCUT2D eigenvalue weighted by Gasteiger charge is -2.21. The van der Waals surface area contributed by atoms with Crippen LogP contribution in [0.4, 0.5) is 0 Å². The van der Waals surface area contributed by atoms with Gasteiger partial charge in [0, 0.05) is 25.7 Å². The first-order valence-electron chi connectivity index (χ1n) is 36.2. The van der Waals surface area contributed by atoms with Crippen LogP contribution in [0.25, 0.3) is 0 Å². The number of carbonyl (C=O) groups is 4. The number of ether oxygens (including phenoxy) is 4. The minimum atomic E-state index is -4.96. The second-order valence-corrected chi connectivity index (χ2v) is 28.8. The van der Waals surface area contributed by atoms with Gasteiger partial charge in [-0.1, -0.05) is 278 Å². The second kappa shape index (κ2) is 61.4. The zero-order valence-electron chi connectivity index (χ0n) is 58.1. The van der Waals surface area contributed by atoms with Crippen molar-refractivity contribution in [2.45, 2.75) is 349 Å². The van der Waals surface area contributed by atoms with E-state index in [1.54, 1.807) is 0 Å². The van der Waals surface area contributed by atoms with Crippen molar-refractivity contribution in [3.63, 3.8) is 0 Å². The smallest absolute Gasteiger partial charge is 0.462 e. The van der Waals surface area contributed by atoms with Crippen molar-refractivity contribution < 1.29 is 80.2 Å². The fourth-order valence-electron chi connectivity index (χ4n) is 10.1. The van der Waals surface area contributed by atoms with E-state index in [-0.39, 0.29) is 25.7 Å². The molecule has 0 saturated heterocycles. The fraction of sp³-hybridized carbons (Fsp3) is 0.887. The number of unbranched alkanes of at least 4 members (excludes halogenated alkanes) is 30. The van der Waals surface area contributed by atoms with Crippen molar-refractivity contribution in [1.82, 2.24) is 0 Å². The van der Waals surface area contributed by atoms with E-state index in [1.165, 1.54) is 116 Å². The molecule has 0 bridgehead atoms. The monoisotopic (exact) mass is 1320 g/mol. The number of carbonyl (C=O) groups excluding carboxylic acids is 4. The first-order valence-corrected chi connectivity index (χ1v) is 39.2. The molecule has 19 heteroatoms. The fourth-order valence-corrected chi connectivity index (χ4v) is 11.7. The van der Waals surface area contributed by atoms with Crippen LogP contribution in [-0.2, 0) is 65.4 Å². The zero-order valence-corrected chi connectivity index (χ0v) is 59.9. The van der Waals surface area contributed by atoms with Crippen LogP contribution in [0, 0.1) is 17.8 Å². The number of phosphoric ester groups is 2. The van der Waals surface area contributed by atoms with Crippen LogP contribution in [0.5, 0.6) is 0 Å². The molecule has 4 unspecified atom stereocenters. The number of hydrogen-bond donors (Lipinski definition) is 3. The van der Waals surface area contributed by atoms with Crippen LogP contribution >= 0.6 is 15.6 Å². The maximum absolute atomic E-state index is 13.0. The summed E-state index contributed by atoms with van der Waals surface area (Å²) in [7, 11) is -9.91. The number of hydrogen-bond acceptors (Lipinski definition) is 15. The van der Waals surface area contributed by atoms with Gasteiger partial charge in [-0.3, -0.25) is 37.3 Å². The van der Waals surface area contributed by atoms with Gasteiger partial charge in [0.15, 0.2) is 12.2 Å². The Morgan fingerprint density at radius 2 is 0.656 bits per heavy atom. The van der Waals surface area contributed by atoms with Gasteiger partial charge in [-0.15, -0.1) is 0 Å². The quantitative estimate of drug-likeness (QED) is 0.0169. The molecule has 0 amide bonds. The van der Waals surface area contributed by atoms with Crippen molar-refractivity contribution in [3.8, 4) is 0 Å². The molecule has 0 radical (unpaired) electrons. The Hall–Kier alpha value is -2.46. The third-order valence-corrected chi connectivity index (χ3v) is 18.4. The average molecular weight is 1320 g/mol. The normalized spacial score (nSPS) is 15.0. The molecule has 0 rings (SSSR count). The molecular weight excluding hydrogens is 1190 g/mol. The Kier molecular flexibility index (Phi) is 59.7. The average Bonchev–Trinajstić information content (AvgIpc) is 2.94. The highest BCUT2D eigenvalue weighted by Gasteiger charge is 2.30. The van der Waals surface area contributed by atoms with Gasteiger partial charge in [0.05, 0.1) is 26.4 Å². The molecule has 90 heavy (non-hydrogen) atoms. The van der Waals surface area contributed by atoms with Crippen molar-refractivity contribution in [3.05, 3.63) is 24.3 Å². The van der Waals surface area contributed by atoms with E-state index in [0.717, 1.165) is 127 Å². The van der Waals surface area contributed by atoms with Crippen LogP contribution in [0.2, 0.25) is 0 Å². The summed E-state index contributed by atoms with van der Waals surface area (Å²) in [5.74, 6) is 0.0872. The highest BCUT2D eigenvalue weighted by molar-refractivity contribution is 7.47. The lowest BCUT2D eigenvalue weighted by Crippen LogP contribution is -2.30. The molecule has 7 atom stereocenters. The molecule has 0 aromatic heterocycles. The molecule has 0 aliphatic carbocycles. The van der Waals surface area contributed by atoms with E-state index in [4.69, 9.17) is 37.0 Å². The van der Waals surface area contributed by atoms with E-state index >= 15 is 0 Å². The third kappa shape index (κ3) is 61.7. The van der Waals surface area contributed by atoms with Crippen LogP contribution < -0.4 is 0 Å². The molecule has 0 aliphatic rings. The Morgan fingerprint density at radius 1 is 0.367 bits per heavy atom. The predicted octanol–water partition coefficient (Wildman–Crippen LogP) is 19.8. The maximum Gasteiger partial charge on any atom is 0.472 e. The number of phosphoric acid groups is 2. The van der Waals surface area contributed by atoms with Gasteiger partial charge in [-0.25, -0.2) is 9.13 Å². The molecular formula is C71H134O17P2. The number of allylic oxidation sites excluding steroid dienone is 4. The molecule has 0 fully saturated rings. The summed E-state index contributed by atoms with van der Waals surface area (Å²) in [5.41, 5.74) is 0. The lowest BCUT2D eigenvalue weighted by atomic mass is 9.99. The van der Waals surface area contributed by atoms with Crippen molar-refractivity contribution in [1.29, 1.82) is 0 Å². The minimum absolute atomic E-state index is 0.0971. The summed E-state index contributed by atoms with van der Waals surface area (Å²) in [5, 5.41) is 10.6. The van der Waals surface area contributed by atoms with Gasteiger partial charge in [-0.2, -0.15) is 0 Å². The number of aliphatic hydroxyl groups is 1. The van der Waals surface area contributed by atoms with Gasteiger partial charge in [0.25, 0.3) is 0 Å². The highest BCUT2D eigenvalue weighted by Crippen LogP contribution is 2.45. The standard InChI is InChI=1S/C71H134O17P2/c1-8-11-12-13-14-15-16-17-18-19-20-24-30-38-45-52-68(73)81-58-66(88-71(76)55-48-41-32-27-26-28-35-42-49-62(4)5)60-85-89(77,78)83-56-65(72)57-84-90(79,80)86-61-67(59-82-69(74)53-46-39-34-33-37-44-51-64(7)10-3)87-70(75)54-47-40-31-25-22-21-23-29-36-43-50-63(6)9-2/h15-18,62-67,72H,8-14,19-61H2,1-7H3,(H,77,78)(H,79,80)/b16-15-,18-17-/t63?,64?,65-,66-,67-/m1/s1. The van der Waals surface area contributed by atoms with Gasteiger partial charge in [-0.05, 0) is 69.1 Å². The summed E-state index contributed by atoms with van der Waals surface area (Å²) in [4.78, 5) is 72.5. The molecule has 17 nitrogen and oxygen atoms in total. The first kappa shape index (κ1) is 87.5. The van der Waals surface area contributed by atoms with Crippen molar-refractivity contribution in [2.24, 2.45) is 17.8 Å². The molecule has 3 N–H and O–H groups in total. The van der Waals surface area contributed by atoms with Crippen LogP contribution in [-0.4, -0.2) is 96.7 Å². The van der Waals surface area contributed by atoms with E-state index in [1.807, 2.05) is 0 Å². The summed E-state index contributed by atoms with van der Waals surface area (Å²) >= 11 is 0. The van der Waals surface area contributed by atoms with Gasteiger partial charge < -0.3 is 33.8 Å². The largest absolute Gasteiger partial charge is 0.472 e. The number of rotatable bonds is 67. The highest BCUT2D eigenvalue weighted by atomic mass is 31.2. The Bertz CT molecular complexity index is 1860. The molecule has 0 aromatic rings. The summed E-state index contributed by atoms with van der Waals surface area (Å²) in [6.07, 6.45) is 48.0. The van der Waals surface area contributed by atoms with E-state index in [9.17, 15) is 43.2 Å². The van der Waals surface area contributed by atoms with Gasteiger partial charge in [0.1, 0.15) is 19.3 Å². The van der Waals surface area contributed by atoms with Crippen LogP contribution in [0.1, 0.15) is 331 Å². The maximum atomic E-state index is 13.0. The summed E-state index contributed by atoms with van der Waals surface area (Å²) in [6.45, 7) is 11.7. The Balaban J connectivity index is 5.29. The molecule has 0 saturated carbocycles. The van der Waals surface area contributed by atoms with Gasteiger partial charge in [0.2, 0.25) is 0 Å². The van der Waals surface area contributed by atoms with Crippen LogP contribution in [0.3, 0.4) is 0 Å². The predicted molar refractivity (Wildman–Crippen MR) is 363 cm³/mol.